The Morgan fingerprint density at radius 3 is 2.55 bits per heavy atom. The molecule has 1 aliphatic rings. The van der Waals surface area contributed by atoms with Crippen molar-refractivity contribution < 1.29 is 0 Å². The maximum Gasteiger partial charge on any atom is 0.100 e. The minimum Gasteiger partial charge on any atom is -0.371 e. The molecule has 3 rings (SSSR count). The molecule has 0 atom stereocenters. The molecule has 2 aromatic carbocycles. The molecule has 0 radical (unpaired) electrons. The van der Waals surface area contributed by atoms with E-state index in [-0.39, 0.29) is 0 Å². The van der Waals surface area contributed by atoms with Crippen molar-refractivity contribution in [1.82, 2.24) is 0 Å². The highest BCUT2D eigenvalue weighted by atomic mass is 79.9. The van der Waals surface area contributed by atoms with E-state index in [9.17, 15) is 0 Å². The summed E-state index contributed by atoms with van der Waals surface area (Å²) in [4.78, 5) is 4.56. The average molecular weight is 328 g/mol. The van der Waals surface area contributed by atoms with Crippen molar-refractivity contribution in [2.24, 2.45) is 0 Å². The number of rotatable bonds is 1. The summed E-state index contributed by atoms with van der Waals surface area (Å²) in [6.07, 6.45) is 0. The van der Waals surface area contributed by atoms with Crippen molar-refractivity contribution in [3.8, 4) is 6.07 Å². The third-order valence-corrected chi connectivity index (χ3v) is 4.28. The fourth-order valence-corrected chi connectivity index (χ4v) is 2.99. The van der Waals surface area contributed by atoms with Crippen LogP contribution < -0.4 is 9.80 Å². The minimum atomic E-state index is 0.663. The average Bonchev–Trinajstić information content (AvgIpc) is 2.48. The summed E-state index contributed by atoms with van der Waals surface area (Å²) >= 11 is 3.47. The number of nitrogens with zero attached hydrogens (tertiary/aromatic N) is 3. The Morgan fingerprint density at radius 2 is 1.85 bits per heavy atom. The van der Waals surface area contributed by atoms with Crippen LogP contribution in [0.2, 0.25) is 0 Å². The van der Waals surface area contributed by atoms with Gasteiger partial charge in [-0.25, -0.2) is 0 Å². The van der Waals surface area contributed by atoms with Crippen LogP contribution in [0.15, 0.2) is 46.9 Å². The lowest BCUT2D eigenvalue weighted by molar-refractivity contribution is 0.822. The molecule has 0 bridgehead atoms. The Kier molecular flexibility index (Phi) is 3.37. The number of para-hydroxylation sites is 2. The number of anilines is 3. The largest absolute Gasteiger partial charge is 0.371 e. The summed E-state index contributed by atoms with van der Waals surface area (Å²) in [6.45, 7) is 1.92. The van der Waals surface area contributed by atoms with Crippen LogP contribution in [0.3, 0.4) is 0 Å². The molecule has 0 saturated carbocycles. The van der Waals surface area contributed by atoms with Crippen LogP contribution in [0.4, 0.5) is 17.1 Å². The smallest absolute Gasteiger partial charge is 0.100 e. The fraction of sp³-hybridized carbons (Fsp3) is 0.188. The molecule has 0 saturated heterocycles. The van der Waals surface area contributed by atoms with Gasteiger partial charge in [0.15, 0.2) is 0 Å². The molecule has 0 fully saturated rings. The highest BCUT2D eigenvalue weighted by molar-refractivity contribution is 9.10. The van der Waals surface area contributed by atoms with Crippen LogP contribution in [0, 0.1) is 11.3 Å². The second kappa shape index (κ2) is 5.18. The number of benzene rings is 2. The first kappa shape index (κ1) is 13.0. The lowest BCUT2D eigenvalue weighted by atomic mass is 10.1. The summed E-state index contributed by atoms with van der Waals surface area (Å²) in [6, 6.07) is 16.5. The van der Waals surface area contributed by atoms with Gasteiger partial charge in [0.2, 0.25) is 0 Å². The summed E-state index contributed by atoms with van der Waals surface area (Å²) in [5.74, 6) is 0. The molecule has 3 nitrogen and oxygen atoms in total. The number of fused-ring (bicyclic) bond motifs is 1. The van der Waals surface area contributed by atoms with Gasteiger partial charge in [-0.3, -0.25) is 0 Å². The molecule has 0 unspecified atom stereocenters. The van der Waals surface area contributed by atoms with Crippen LogP contribution in [-0.2, 0) is 0 Å². The Hall–Kier alpha value is -1.99. The third-order valence-electron chi connectivity index (χ3n) is 3.63. The van der Waals surface area contributed by atoms with Crippen molar-refractivity contribution in [2.75, 3.05) is 29.9 Å². The molecule has 2 aromatic rings. The van der Waals surface area contributed by atoms with Crippen molar-refractivity contribution in [3.63, 3.8) is 0 Å². The molecule has 0 aliphatic carbocycles. The van der Waals surface area contributed by atoms with Crippen LogP contribution in [0.25, 0.3) is 0 Å². The van der Waals surface area contributed by atoms with Gasteiger partial charge in [-0.2, -0.15) is 5.26 Å². The van der Waals surface area contributed by atoms with E-state index in [1.807, 2.05) is 18.2 Å². The van der Waals surface area contributed by atoms with Crippen molar-refractivity contribution in [1.29, 1.82) is 5.26 Å². The predicted octanol–water partition coefficient (Wildman–Crippen LogP) is 3.91. The van der Waals surface area contributed by atoms with Crippen LogP contribution in [-0.4, -0.2) is 20.1 Å². The molecular weight excluding hydrogens is 314 g/mol. The van der Waals surface area contributed by atoms with E-state index in [4.69, 9.17) is 5.26 Å². The van der Waals surface area contributed by atoms with Gasteiger partial charge in [0.25, 0.3) is 0 Å². The summed E-state index contributed by atoms with van der Waals surface area (Å²) in [5, 5.41) is 9.01. The highest BCUT2D eigenvalue weighted by Crippen LogP contribution is 2.37. The van der Waals surface area contributed by atoms with Gasteiger partial charge < -0.3 is 9.80 Å². The van der Waals surface area contributed by atoms with E-state index in [2.05, 4.69) is 63.1 Å². The summed E-state index contributed by atoms with van der Waals surface area (Å²) < 4.78 is 0.842. The zero-order chi connectivity index (χ0) is 14.1. The van der Waals surface area contributed by atoms with Crippen molar-refractivity contribution in [3.05, 3.63) is 52.5 Å². The van der Waals surface area contributed by atoms with Crippen LogP contribution in [0.5, 0.6) is 0 Å². The Labute approximate surface area is 127 Å². The zero-order valence-corrected chi connectivity index (χ0v) is 12.8. The van der Waals surface area contributed by atoms with Crippen molar-refractivity contribution in [2.45, 2.75) is 0 Å². The van der Waals surface area contributed by atoms with Gasteiger partial charge in [0, 0.05) is 30.3 Å². The molecule has 100 valence electrons. The first-order valence-corrected chi connectivity index (χ1v) is 7.27. The molecule has 0 spiro atoms. The highest BCUT2D eigenvalue weighted by Gasteiger charge is 2.21. The lowest BCUT2D eigenvalue weighted by Crippen LogP contribution is -2.36. The molecule has 1 heterocycles. The monoisotopic (exact) mass is 327 g/mol. The van der Waals surface area contributed by atoms with E-state index in [0.29, 0.717) is 5.56 Å². The maximum atomic E-state index is 9.01. The molecule has 0 amide bonds. The topological polar surface area (TPSA) is 30.3 Å². The molecule has 0 aromatic heterocycles. The van der Waals surface area contributed by atoms with E-state index < -0.39 is 0 Å². The van der Waals surface area contributed by atoms with Gasteiger partial charge >= 0.3 is 0 Å². The Balaban J connectivity index is 2.06. The number of halogens is 1. The van der Waals surface area contributed by atoms with E-state index in [1.54, 1.807) is 0 Å². The van der Waals surface area contributed by atoms with E-state index >= 15 is 0 Å². The normalized spacial score (nSPS) is 13.8. The second-order valence-corrected chi connectivity index (χ2v) is 5.69. The Morgan fingerprint density at radius 1 is 1.10 bits per heavy atom. The quantitative estimate of drug-likeness (QED) is 0.795. The van der Waals surface area contributed by atoms with Gasteiger partial charge in [0.05, 0.1) is 16.9 Å². The number of likely N-dealkylation sites (N-methyl/N-ethyl adjacent to an activating group) is 1. The number of hydrogen-bond acceptors (Lipinski definition) is 3. The molecule has 1 aliphatic heterocycles. The molecular formula is C16H14BrN3. The van der Waals surface area contributed by atoms with E-state index in [0.717, 1.165) is 23.2 Å². The SMILES string of the molecule is CN1CCN(c2ccc(C#N)c(Br)c2)c2ccccc21. The maximum absolute atomic E-state index is 9.01. The predicted molar refractivity (Wildman–Crippen MR) is 85.6 cm³/mol. The fourth-order valence-electron chi connectivity index (χ4n) is 2.54. The van der Waals surface area contributed by atoms with E-state index in [1.165, 1.54) is 11.4 Å². The third kappa shape index (κ3) is 2.14. The van der Waals surface area contributed by atoms with Gasteiger partial charge in [-0.1, -0.05) is 12.1 Å². The lowest BCUT2D eigenvalue weighted by Gasteiger charge is -2.37. The van der Waals surface area contributed by atoms with Crippen molar-refractivity contribution >= 4 is 33.0 Å². The summed E-state index contributed by atoms with van der Waals surface area (Å²) in [5.41, 5.74) is 4.21. The standard InChI is InChI=1S/C16H14BrN3/c1-19-8-9-20(16-5-3-2-4-15(16)19)13-7-6-12(11-18)14(17)10-13/h2-7,10H,8-9H2,1H3. The van der Waals surface area contributed by atoms with Gasteiger partial charge in [0.1, 0.15) is 6.07 Å². The van der Waals surface area contributed by atoms with Crippen LogP contribution >= 0.6 is 15.9 Å². The zero-order valence-electron chi connectivity index (χ0n) is 11.2. The van der Waals surface area contributed by atoms with Crippen LogP contribution in [0.1, 0.15) is 5.56 Å². The van der Waals surface area contributed by atoms with Gasteiger partial charge in [-0.15, -0.1) is 0 Å². The Bertz CT molecular complexity index is 690. The number of hydrogen-bond donors (Lipinski definition) is 0. The number of nitriles is 1. The second-order valence-electron chi connectivity index (χ2n) is 4.84. The minimum absolute atomic E-state index is 0.663. The first-order valence-electron chi connectivity index (χ1n) is 6.48. The van der Waals surface area contributed by atoms with Gasteiger partial charge in [-0.05, 0) is 46.3 Å². The molecule has 4 heteroatoms. The first-order chi connectivity index (χ1) is 9.70. The molecule has 20 heavy (non-hydrogen) atoms. The summed E-state index contributed by atoms with van der Waals surface area (Å²) in [7, 11) is 2.12. The molecule has 0 N–H and O–H groups in total.